The van der Waals surface area contributed by atoms with E-state index in [0.717, 1.165) is 12.8 Å². The minimum Gasteiger partial charge on any atom is -0.381 e. The van der Waals surface area contributed by atoms with Gasteiger partial charge in [0.05, 0.1) is 0 Å². The van der Waals surface area contributed by atoms with Crippen LogP contribution in [0.15, 0.2) is 24.3 Å². The van der Waals surface area contributed by atoms with E-state index >= 15 is 0 Å². The highest BCUT2D eigenvalue weighted by molar-refractivity contribution is 5.96. The van der Waals surface area contributed by atoms with Gasteiger partial charge in [0.2, 0.25) is 0 Å². The van der Waals surface area contributed by atoms with Gasteiger partial charge in [-0.05, 0) is 38.0 Å². The minimum atomic E-state index is -0.555. The molecule has 1 amide bonds. The summed E-state index contributed by atoms with van der Waals surface area (Å²) in [5, 5.41) is 0. The third kappa shape index (κ3) is 3.35. The summed E-state index contributed by atoms with van der Waals surface area (Å²) in [4.78, 5) is 14.2. The SMILES string of the molecule is COC(C)C(=O)N(c1cccc(F)c1)C1CCOCC1. The second-order valence-corrected chi connectivity index (χ2v) is 4.91. The third-order valence-corrected chi connectivity index (χ3v) is 3.58. The van der Waals surface area contributed by atoms with E-state index in [4.69, 9.17) is 9.47 Å². The fourth-order valence-corrected chi connectivity index (χ4v) is 2.38. The Bertz CT molecular complexity index is 460. The van der Waals surface area contributed by atoms with Crippen LogP contribution < -0.4 is 4.90 Å². The molecule has 1 heterocycles. The molecule has 5 heteroatoms. The zero-order valence-electron chi connectivity index (χ0n) is 11.8. The molecule has 0 bridgehead atoms. The van der Waals surface area contributed by atoms with Crippen molar-refractivity contribution in [1.82, 2.24) is 0 Å². The van der Waals surface area contributed by atoms with Crippen LogP contribution in [-0.2, 0) is 14.3 Å². The zero-order chi connectivity index (χ0) is 14.5. The topological polar surface area (TPSA) is 38.8 Å². The summed E-state index contributed by atoms with van der Waals surface area (Å²) in [5.74, 6) is -0.498. The first kappa shape index (κ1) is 14.9. The number of benzene rings is 1. The number of nitrogens with zero attached hydrogens (tertiary/aromatic N) is 1. The average molecular weight is 281 g/mol. The normalized spacial score (nSPS) is 17.8. The van der Waals surface area contributed by atoms with E-state index in [2.05, 4.69) is 0 Å². The Morgan fingerprint density at radius 1 is 1.45 bits per heavy atom. The van der Waals surface area contributed by atoms with Crippen LogP contribution >= 0.6 is 0 Å². The average Bonchev–Trinajstić information content (AvgIpc) is 2.48. The van der Waals surface area contributed by atoms with Gasteiger partial charge in [0.1, 0.15) is 11.9 Å². The van der Waals surface area contributed by atoms with Crippen molar-refractivity contribution in [2.24, 2.45) is 0 Å². The summed E-state index contributed by atoms with van der Waals surface area (Å²) in [6.07, 6.45) is 0.943. The largest absolute Gasteiger partial charge is 0.381 e. The van der Waals surface area contributed by atoms with Gasteiger partial charge < -0.3 is 14.4 Å². The predicted octanol–water partition coefficient (Wildman–Crippen LogP) is 2.37. The number of ether oxygens (including phenoxy) is 2. The number of halogens is 1. The lowest BCUT2D eigenvalue weighted by Crippen LogP contribution is -2.47. The molecule has 1 fully saturated rings. The molecule has 0 aromatic heterocycles. The number of methoxy groups -OCH3 is 1. The standard InChI is InChI=1S/C15H20FNO3/c1-11(19-2)15(18)17(13-6-8-20-9-7-13)14-5-3-4-12(16)10-14/h3-5,10-11,13H,6-9H2,1-2H3. The fraction of sp³-hybridized carbons (Fsp3) is 0.533. The van der Waals surface area contributed by atoms with Crippen molar-refractivity contribution < 1.29 is 18.7 Å². The molecule has 1 unspecified atom stereocenters. The van der Waals surface area contributed by atoms with E-state index < -0.39 is 6.10 Å². The van der Waals surface area contributed by atoms with Gasteiger partial charge in [-0.3, -0.25) is 4.79 Å². The highest BCUT2D eigenvalue weighted by atomic mass is 19.1. The summed E-state index contributed by atoms with van der Waals surface area (Å²) in [6, 6.07) is 6.14. The Balaban J connectivity index is 2.30. The number of hydrogen-bond acceptors (Lipinski definition) is 3. The second kappa shape index (κ2) is 6.81. The van der Waals surface area contributed by atoms with Crippen LogP contribution in [0.2, 0.25) is 0 Å². The van der Waals surface area contributed by atoms with E-state index in [0.29, 0.717) is 18.9 Å². The smallest absolute Gasteiger partial charge is 0.256 e. The maximum atomic E-state index is 13.4. The van der Waals surface area contributed by atoms with Gasteiger partial charge in [-0.1, -0.05) is 6.07 Å². The molecular weight excluding hydrogens is 261 g/mol. The van der Waals surface area contributed by atoms with E-state index in [1.54, 1.807) is 24.0 Å². The van der Waals surface area contributed by atoms with Gasteiger partial charge in [0, 0.05) is 32.1 Å². The van der Waals surface area contributed by atoms with Crippen molar-refractivity contribution in [2.75, 3.05) is 25.2 Å². The maximum absolute atomic E-state index is 13.4. The predicted molar refractivity (Wildman–Crippen MR) is 74.2 cm³/mol. The summed E-state index contributed by atoms with van der Waals surface area (Å²) in [7, 11) is 1.50. The molecule has 0 spiro atoms. The molecule has 1 aliphatic rings. The quantitative estimate of drug-likeness (QED) is 0.850. The molecule has 0 N–H and O–H groups in total. The Labute approximate surface area is 118 Å². The molecule has 110 valence electrons. The molecule has 1 aliphatic heterocycles. The lowest BCUT2D eigenvalue weighted by molar-refractivity contribution is -0.128. The zero-order valence-corrected chi connectivity index (χ0v) is 11.8. The van der Waals surface area contributed by atoms with Crippen LogP contribution in [0.4, 0.5) is 10.1 Å². The van der Waals surface area contributed by atoms with E-state index in [1.165, 1.54) is 19.2 Å². The lowest BCUT2D eigenvalue weighted by atomic mass is 10.0. The monoisotopic (exact) mass is 281 g/mol. The second-order valence-electron chi connectivity index (χ2n) is 4.91. The van der Waals surface area contributed by atoms with E-state index in [1.807, 2.05) is 0 Å². The molecule has 0 radical (unpaired) electrons. The summed E-state index contributed by atoms with van der Waals surface area (Å²) < 4.78 is 23.9. The molecule has 0 aliphatic carbocycles. The third-order valence-electron chi connectivity index (χ3n) is 3.58. The summed E-state index contributed by atoms with van der Waals surface area (Å²) in [6.45, 7) is 2.93. The molecular formula is C15H20FNO3. The Morgan fingerprint density at radius 2 is 2.15 bits per heavy atom. The first-order valence-electron chi connectivity index (χ1n) is 6.82. The van der Waals surface area contributed by atoms with E-state index in [-0.39, 0.29) is 17.8 Å². The molecule has 1 saturated heterocycles. The van der Waals surface area contributed by atoms with Crippen LogP contribution in [0.3, 0.4) is 0 Å². The molecule has 4 nitrogen and oxygen atoms in total. The van der Waals surface area contributed by atoms with Gasteiger partial charge in [0.25, 0.3) is 5.91 Å². The van der Waals surface area contributed by atoms with Crippen molar-refractivity contribution >= 4 is 11.6 Å². The summed E-state index contributed by atoms with van der Waals surface area (Å²) >= 11 is 0. The van der Waals surface area contributed by atoms with Gasteiger partial charge in [-0.2, -0.15) is 0 Å². The molecule has 2 rings (SSSR count). The van der Waals surface area contributed by atoms with Crippen molar-refractivity contribution in [2.45, 2.75) is 31.9 Å². The Morgan fingerprint density at radius 3 is 2.75 bits per heavy atom. The van der Waals surface area contributed by atoms with Crippen LogP contribution in [0.5, 0.6) is 0 Å². The Kier molecular flexibility index (Phi) is 5.09. The first-order chi connectivity index (χ1) is 9.63. The van der Waals surface area contributed by atoms with Gasteiger partial charge in [0.15, 0.2) is 0 Å². The van der Waals surface area contributed by atoms with Crippen LogP contribution in [0.1, 0.15) is 19.8 Å². The van der Waals surface area contributed by atoms with Crippen LogP contribution in [0.25, 0.3) is 0 Å². The van der Waals surface area contributed by atoms with Crippen molar-refractivity contribution in [1.29, 1.82) is 0 Å². The van der Waals surface area contributed by atoms with Crippen molar-refractivity contribution in [3.05, 3.63) is 30.1 Å². The van der Waals surface area contributed by atoms with Crippen molar-refractivity contribution in [3.8, 4) is 0 Å². The first-order valence-corrected chi connectivity index (χ1v) is 6.82. The lowest BCUT2D eigenvalue weighted by Gasteiger charge is -2.35. The number of anilines is 1. The number of rotatable bonds is 4. The van der Waals surface area contributed by atoms with Gasteiger partial charge in [-0.15, -0.1) is 0 Å². The van der Waals surface area contributed by atoms with Gasteiger partial charge in [-0.25, -0.2) is 4.39 Å². The number of carbonyl (C=O) groups excluding carboxylic acids is 1. The maximum Gasteiger partial charge on any atom is 0.256 e. The number of carbonyl (C=O) groups is 1. The minimum absolute atomic E-state index is 0.0237. The molecule has 20 heavy (non-hydrogen) atoms. The highest BCUT2D eigenvalue weighted by Gasteiger charge is 2.30. The molecule has 1 aromatic carbocycles. The molecule has 1 aromatic rings. The van der Waals surface area contributed by atoms with E-state index in [9.17, 15) is 9.18 Å². The number of amides is 1. The fourth-order valence-electron chi connectivity index (χ4n) is 2.38. The van der Waals surface area contributed by atoms with Crippen molar-refractivity contribution in [3.63, 3.8) is 0 Å². The molecule has 1 atom stereocenters. The highest BCUT2D eigenvalue weighted by Crippen LogP contribution is 2.25. The van der Waals surface area contributed by atoms with Crippen LogP contribution in [-0.4, -0.2) is 38.4 Å². The summed E-state index contributed by atoms with van der Waals surface area (Å²) in [5.41, 5.74) is 0.575. The molecule has 0 saturated carbocycles. The van der Waals surface area contributed by atoms with Crippen LogP contribution in [0, 0.1) is 5.82 Å². The number of hydrogen-bond donors (Lipinski definition) is 0. The van der Waals surface area contributed by atoms with Gasteiger partial charge >= 0.3 is 0 Å². The Hall–Kier alpha value is -1.46.